The molecule has 0 aliphatic carbocycles. The third-order valence-corrected chi connectivity index (χ3v) is 2.02. The number of aromatic nitrogens is 2. The average Bonchev–Trinajstić information content (AvgIpc) is 2.14. The van der Waals surface area contributed by atoms with E-state index in [1.807, 2.05) is 6.92 Å². The molecule has 0 radical (unpaired) electrons. The topological polar surface area (TPSA) is 72.2 Å². The van der Waals surface area contributed by atoms with E-state index in [0.29, 0.717) is 19.4 Å². The Morgan fingerprint density at radius 2 is 2.27 bits per heavy atom. The van der Waals surface area contributed by atoms with Crippen LogP contribution < -0.4 is 5.56 Å². The van der Waals surface area contributed by atoms with Gasteiger partial charge in [-0.15, -0.1) is 0 Å². The predicted molar refractivity (Wildman–Crippen MR) is 54.7 cm³/mol. The summed E-state index contributed by atoms with van der Waals surface area (Å²) in [5.74, 6) is -0.806. The van der Waals surface area contributed by atoms with E-state index in [0.717, 1.165) is 5.56 Å². The monoisotopic (exact) mass is 210 g/mol. The first-order valence-electron chi connectivity index (χ1n) is 4.85. The Morgan fingerprint density at radius 1 is 1.53 bits per heavy atom. The quantitative estimate of drug-likeness (QED) is 0.730. The summed E-state index contributed by atoms with van der Waals surface area (Å²) in [6.45, 7) is 2.29. The summed E-state index contributed by atoms with van der Waals surface area (Å²) in [6.07, 6.45) is 2.98. The Morgan fingerprint density at radius 3 is 2.87 bits per heavy atom. The lowest BCUT2D eigenvalue weighted by Crippen LogP contribution is -2.22. The lowest BCUT2D eigenvalue weighted by Gasteiger charge is -2.03. The summed E-state index contributed by atoms with van der Waals surface area (Å²) < 4.78 is 1.36. The number of unbranched alkanes of at least 4 members (excludes halogenated alkanes) is 1. The number of aliphatic carboxylic acids is 1. The van der Waals surface area contributed by atoms with Gasteiger partial charge in [-0.3, -0.25) is 9.59 Å². The van der Waals surface area contributed by atoms with Crippen LogP contribution in [0, 0.1) is 6.92 Å². The molecule has 1 rings (SSSR count). The fraction of sp³-hybridized carbons (Fsp3) is 0.500. The van der Waals surface area contributed by atoms with E-state index < -0.39 is 5.97 Å². The number of hydrogen-bond acceptors (Lipinski definition) is 3. The molecule has 5 heteroatoms. The Balaban J connectivity index is 2.44. The van der Waals surface area contributed by atoms with Gasteiger partial charge in [0.2, 0.25) is 0 Å². The van der Waals surface area contributed by atoms with Gasteiger partial charge in [0.05, 0.1) is 6.20 Å². The summed E-state index contributed by atoms with van der Waals surface area (Å²) in [6, 6.07) is 1.52. The molecule has 0 aromatic carbocycles. The third kappa shape index (κ3) is 3.93. The highest BCUT2D eigenvalue weighted by molar-refractivity contribution is 5.66. The molecule has 1 heterocycles. The lowest BCUT2D eigenvalue weighted by molar-refractivity contribution is -0.137. The van der Waals surface area contributed by atoms with Crippen molar-refractivity contribution in [2.75, 3.05) is 0 Å². The number of carbonyl (C=O) groups is 1. The largest absolute Gasteiger partial charge is 0.481 e. The fourth-order valence-corrected chi connectivity index (χ4v) is 1.23. The van der Waals surface area contributed by atoms with Crippen LogP contribution in [0.25, 0.3) is 0 Å². The summed E-state index contributed by atoms with van der Waals surface area (Å²) in [4.78, 5) is 21.6. The van der Waals surface area contributed by atoms with Gasteiger partial charge in [0.1, 0.15) is 0 Å². The molecule has 0 fully saturated rings. The van der Waals surface area contributed by atoms with E-state index in [1.165, 1.54) is 10.7 Å². The Kier molecular flexibility index (Phi) is 4.03. The molecular formula is C10H14N2O3. The van der Waals surface area contributed by atoms with Crippen LogP contribution in [-0.2, 0) is 11.3 Å². The first-order chi connectivity index (χ1) is 7.09. The summed E-state index contributed by atoms with van der Waals surface area (Å²) >= 11 is 0. The van der Waals surface area contributed by atoms with Crippen LogP contribution in [0.2, 0.25) is 0 Å². The second-order valence-electron chi connectivity index (χ2n) is 3.45. The maximum atomic E-state index is 11.4. The first-order valence-corrected chi connectivity index (χ1v) is 4.85. The first kappa shape index (κ1) is 11.4. The Hall–Kier alpha value is -1.65. The number of carboxylic acid groups (broad SMARTS) is 1. The van der Waals surface area contributed by atoms with Gasteiger partial charge in [-0.05, 0) is 25.3 Å². The summed E-state index contributed by atoms with van der Waals surface area (Å²) in [5.41, 5.74) is 0.701. The van der Waals surface area contributed by atoms with Crippen molar-refractivity contribution in [2.24, 2.45) is 0 Å². The molecule has 0 spiro atoms. The smallest absolute Gasteiger partial charge is 0.303 e. The zero-order valence-electron chi connectivity index (χ0n) is 8.64. The Labute approximate surface area is 87.4 Å². The minimum atomic E-state index is -0.806. The zero-order chi connectivity index (χ0) is 11.3. The van der Waals surface area contributed by atoms with Crippen molar-refractivity contribution in [3.05, 3.63) is 28.2 Å². The molecule has 1 aromatic heterocycles. The maximum absolute atomic E-state index is 11.4. The molecule has 5 nitrogen and oxygen atoms in total. The molecule has 15 heavy (non-hydrogen) atoms. The third-order valence-electron chi connectivity index (χ3n) is 2.02. The molecule has 0 saturated carbocycles. The van der Waals surface area contributed by atoms with Gasteiger partial charge in [0.25, 0.3) is 5.56 Å². The molecule has 0 atom stereocenters. The van der Waals surface area contributed by atoms with E-state index in [1.54, 1.807) is 6.20 Å². The minimum Gasteiger partial charge on any atom is -0.481 e. The summed E-state index contributed by atoms with van der Waals surface area (Å²) in [7, 11) is 0. The van der Waals surface area contributed by atoms with E-state index in [2.05, 4.69) is 5.10 Å². The molecule has 0 aliphatic heterocycles. The number of aryl methyl sites for hydroxylation is 2. The molecule has 0 bridgehead atoms. The molecule has 0 unspecified atom stereocenters. The van der Waals surface area contributed by atoms with Gasteiger partial charge < -0.3 is 5.11 Å². The molecular weight excluding hydrogens is 196 g/mol. The van der Waals surface area contributed by atoms with Crippen LogP contribution in [0.15, 0.2) is 17.1 Å². The predicted octanol–water partition coefficient (Wildman–Crippen LogP) is 0.807. The minimum absolute atomic E-state index is 0.134. The van der Waals surface area contributed by atoms with Crippen LogP contribution >= 0.6 is 0 Å². The van der Waals surface area contributed by atoms with Crippen LogP contribution in [0.4, 0.5) is 0 Å². The molecule has 1 aromatic rings. The van der Waals surface area contributed by atoms with Crippen molar-refractivity contribution in [3.8, 4) is 0 Å². The van der Waals surface area contributed by atoms with Gasteiger partial charge >= 0.3 is 5.97 Å². The molecule has 1 N–H and O–H groups in total. The maximum Gasteiger partial charge on any atom is 0.303 e. The SMILES string of the molecule is Cc1cnn(CCCCC(=O)O)c(=O)c1. The molecule has 0 amide bonds. The second kappa shape index (κ2) is 5.29. The van der Waals surface area contributed by atoms with Gasteiger partial charge in [0, 0.05) is 19.0 Å². The second-order valence-corrected chi connectivity index (χ2v) is 3.45. The van der Waals surface area contributed by atoms with Crippen molar-refractivity contribution in [1.29, 1.82) is 0 Å². The standard InChI is InChI=1S/C10H14N2O3/c1-8-6-9(13)12(11-7-8)5-3-2-4-10(14)15/h6-7H,2-5H2,1H3,(H,14,15). The normalized spacial score (nSPS) is 10.2. The van der Waals surface area contributed by atoms with E-state index in [-0.39, 0.29) is 12.0 Å². The van der Waals surface area contributed by atoms with E-state index >= 15 is 0 Å². The van der Waals surface area contributed by atoms with Crippen LogP contribution in [0.5, 0.6) is 0 Å². The molecule has 0 aliphatic rings. The zero-order valence-corrected chi connectivity index (χ0v) is 8.64. The number of rotatable bonds is 5. The van der Waals surface area contributed by atoms with Crippen LogP contribution in [-0.4, -0.2) is 20.9 Å². The number of nitrogens with zero attached hydrogens (tertiary/aromatic N) is 2. The van der Waals surface area contributed by atoms with E-state index in [4.69, 9.17) is 5.11 Å². The highest BCUT2D eigenvalue weighted by atomic mass is 16.4. The highest BCUT2D eigenvalue weighted by Gasteiger charge is 1.99. The van der Waals surface area contributed by atoms with Crippen molar-refractivity contribution in [2.45, 2.75) is 32.7 Å². The molecule has 0 saturated heterocycles. The Bertz CT molecular complexity index is 398. The average molecular weight is 210 g/mol. The van der Waals surface area contributed by atoms with Gasteiger partial charge in [-0.2, -0.15) is 5.10 Å². The van der Waals surface area contributed by atoms with Gasteiger partial charge in [0.15, 0.2) is 0 Å². The highest BCUT2D eigenvalue weighted by Crippen LogP contribution is 1.97. The van der Waals surface area contributed by atoms with Crippen molar-refractivity contribution in [3.63, 3.8) is 0 Å². The molecule has 82 valence electrons. The lowest BCUT2D eigenvalue weighted by atomic mass is 10.2. The van der Waals surface area contributed by atoms with Crippen LogP contribution in [0.1, 0.15) is 24.8 Å². The van der Waals surface area contributed by atoms with Gasteiger partial charge in [-0.1, -0.05) is 0 Å². The van der Waals surface area contributed by atoms with Crippen molar-refractivity contribution in [1.82, 2.24) is 9.78 Å². The van der Waals surface area contributed by atoms with E-state index in [9.17, 15) is 9.59 Å². The summed E-state index contributed by atoms with van der Waals surface area (Å²) in [5, 5.41) is 12.4. The number of carboxylic acids is 1. The van der Waals surface area contributed by atoms with Crippen LogP contribution in [0.3, 0.4) is 0 Å². The van der Waals surface area contributed by atoms with Crippen molar-refractivity contribution >= 4 is 5.97 Å². The fourth-order valence-electron chi connectivity index (χ4n) is 1.23. The number of hydrogen-bond donors (Lipinski definition) is 1. The van der Waals surface area contributed by atoms with Crippen molar-refractivity contribution < 1.29 is 9.90 Å². The van der Waals surface area contributed by atoms with Gasteiger partial charge in [-0.25, -0.2) is 4.68 Å².